The second-order valence-corrected chi connectivity index (χ2v) is 8.05. The zero-order valence-corrected chi connectivity index (χ0v) is 18.6. The standard InChI is InChI=1S/C21H31Cl2N3O3/c1-2-3-4-5-8-26(10-9-25-11-13-29-14-12-25)20(27)16-24-21(28)18-7-6-17(22)15-19(18)23/h6-7,15H,2-5,8-14,16H2,1H3,(H,24,28). The second-order valence-electron chi connectivity index (χ2n) is 7.20. The van der Waals surface area contributed by atoms with Crippen LogP contribution in [0.5, 0.6) is 0 Å². The quantitative estimate of drug-likeness (QED) is 0.531. The molecule has 1 N–H and O–H groups in total. The number of benzene rings is 1. The maximum absolute atomic E-state index is 12.8. The first-order valence-electron chi connectivity index (χ1n) is 10.3. The Kier molecular flexibility index (Phi) is 10.8. The number of morpholine rings is 1. The predicted octanol–water partition coefficient (Wildman–Crippen LogP) is 3.46. The molecule has 1 aromatic carbocycles. The Morgan fingerprint density at radius 3 is 2.59 bits per heavy atom. The van der Waals surface area contributed by atoms with Gasteiger partial charge in [-0.05, 0) is 24.6 Å². The molecule has 0 spiro atoms. The topological polar surface area (TPSA) is 61.9 Å². The first-order chi connectivity index (χ1) is 14.0. The number of carbonyl (C=O) groups excluding carboxylic acids is 2. The van der Waals surface area contributed by atoms with E-state index in [1.165, 1.54) is 6.07 Å². The molecular weight excluding hydrogens is 413 g/mol. The molecule has 0 unspecified atom stereocenters. The molecule has 2 amide bonds. The normalized spacial score (nSPS) is 14.6. The lowest BCUT2D eigenvalue weighted by molar-refractivity contribution is -0.130. The van der Waals surface area contributed by atoms with Gasteiger partial charge < -0.3 is 15.0 Å². The third-order valence-corrected chi connectivity index (χ3v) is 5.55. The summed E-state index contributed by atoms with van der Waals surface area (Å²) in [5.74, 6) is -0.452. The lowest BCUT2D eigenvalue weighted by Gasteiger charge is -2.30. The van der Waals surface area contributed by atoms with Crippen LogP contribution in [0.4, 0.5) is 0 Å². The average molecular weight is 444 g/mol. The van der Waals surface area contributed by atoms with Crippen molar-refractivity contribution in [3.63, 3.8) is 0 Å². The Labute approximate surface area is 183 Å². The highest BCUT2D eigenvalue weighted by Crippen LogP contribution is 2.20. The number of rotatable bonds is 11. The van der Waals surface area contributed by atoms with Crippen molar-refractivity contribution in [3.05, 3.63) is 33.8 Å². The van der Waals surface area contributed by atoms with Gasteiger partial charge in [-0.25, -0.2) is 0 Å². The summed E-state index contributed by atoms with van der Waals surface area (Å²) < 4.78 is 5.38. The summed E-state index contributed by atoms with van der Waals surface area (Å²) in [7, 11) is 0. The fraction of sp³-hybridized carbons (Fsp3) is 0.619. The van der Waals surface area contributed by atoms with E-state index in [0.29, 0.717) is 23.7 Å². The number of carbonyl (C=O) groups is 2. The number of hydrogen-bond acceptors (Lipinski definition) is 4. The lowest BCUT2D eigenvalue weighted by atomic mass is 10.2. The molecule has 0 aromatic heterocycles. The van der Waals surface area contributed by atoms with Crippen molar-refractivity contribution >= 4 is 35.0 Å². The van der Waals surface area contributed by atoms with E-state index in [1.807, 2.05) is 4.90 Å². The fourth-order valence-electron chi connectivity index (χ4n) is 3.21. The van der Waals surface area contributed by atoms with Crippen molar-refractivity contribution in [3.8, 4) is 0 Å². The van der Waals surface area contributed by atoms with Gasteiger partial charge in [-0.2, -0.15) is 0 Å². The van der Waals surface area contributed by atoms with Gasteiger partial charge in [0.25, 0.3) is 5.91 Å². The zero-order chi connectivity index (χ0) is 21.1. The van der Waals surface area contributed by atoms with E-state index in [9.17, 15) is 9.59 Å². The summed E-state index contributed by atoms with van der Waals surface area (Å²) in [6.07, 6.45) is 4.39. The van der Waals surface area contributed by atoms with Crippen LogP contribution < -0.4 is 5.32 Å². The molecule has 29 heavy (non-hydrogen) atoms. The summed E-state index contributed by atoms with van der Waals surface area (Å²) in [6.45, 7) is 7.56. The molecule has 0 aliphatic carbocycles. The Morgan fingerprint density at radius 2 is 1.90 bits per heavy atom. The van der Waals surface area contributed by atoms with Crippen LogP contribution in [0.2, 0.25) is 10.0 Å². The number of ether oxygens (including phenoxy) is 1. The molecule has 1 aromatic rings. The van der Waals surface area contributed by atoms with Gasteiger partial charge in [0.2, 0.25) is 5.91 Å². The third kappa shape index (κ3) is 8.51. The molecule has 1 heterocycles. The van der Waals surface area contributed by atoms with E-state index in [0.717, 1.165) is 58.5 Å². The minimum absolute atomic E-state index is 0.0469. The van der Waals surface area contributed by atoms with Crippen LogP contribution in [0.25, 0.3) is 0 Å². The highest BCUT2D eigenvalue weighted by molar-refractivity contribution is 6.36. The number of nitrogens with zero attached hydrogens (tertiary/aromatic N) is 2. The second kappa shape index (κ2) is 13.1. The van der Waals surface area contributed by atoms with Crippen molar-refractivity contribution in [2.24, 2.45) is 0 Å². The van der Waals surface area contributed by atoms with Crippen LogP contribution in [0.3, 0.4) is 0 Å². The maximum atomic E-state index is 12.8. The molecular formula is C21H31Cl2N3O3. The summed E-state index contributed by atoms with van der Waals surface area (Å²) >= 11 is 12.0. The smallest absolute Gasteiger partial charge is 0.253 e. The molecule has 0 atom stereocenters. The Balaban J connectivity index is 1.87. The summed E-state index contributed by atoms with van der Waals surface area (Å²) in [5.41, 5.74) is 0.312. The molecule has 6 nitrogen and oxygen atoms in total. The molecule has 162 valence electrons. The highest BCUT2D eigenvalue weighted by atomic mass is 35.5. The predicted molar refractivity (Wildman–Crippen MR) is 117 cm³/mol. The van der Waals surface area contributed by atoms with Gasteiger partial charge in [-0.3, -0.25) is 14.5 Å². The molecule has 8 heteroatoms. The van der Waals surface area contributed by atoms with E-state index in [4.69, 9.17) is 27.9 Å². The Morgan fingerprint density at radius 1 is 1.14 bits per heavy atom. The number of hydrogen-bond donors (Lipinski definition) is 1. The zero-order valence-electron chi connectivity index (χ0n) is 17.1. The lowest BCUT2D eigenvalue weighted by Crippen LogP contribution is -2.46. The van der Waals surface area contributed by atoms with Crippen LogP contribution in [0.15, 0.2) is 18.2 Å². The molecule has 1 aliphatic rings. The van der Waals surface area contributed by atoms with Crippen molar-refractivity contribution in [2.75, 3.05) is 52.5 Å². The summed E-state index contributed by atoms with van der Waals surface area (Å²) in [5, 5.41) is 3.42. The van der Waals surface area contributed by atoms with Crippen LogP contribution in [0, 0.1) is 0 Å². The largest absolute Gasteiger partial charge is 0.379 e. The van der Waals surface area contributed by atoms with Crippen molar-refractivity contribution < 1.29 is 14.3 Å². The van der Waals surface area contributed by atoms with E-state index in [1.54, 1.807) is 12.1 Å². The van der Waals surface area contributed by atoms with E-state index >= 15 is 0 Å². The first-order valence-corrected chi connectivity index (χ1v) is 11.1. The van der Waals surface area contributed by atoms with Gasteiger partial charge in [0, 0.05) is 37.7 Å². The molecule has 1 aliphatic heterocycles. The maximum Gasteiger partial charge on any atom is 0.253 e. The van der Waals surface area contributed by atoms with Crippen LogP contribution in [-0.4, -0.2) is 74.1 Å². The van der Waals surface area contributed by atoms with Crippen molar-refractivity contribution in [1.29, 1.82) is 0 Å². The molecule has 1 saturated heterocycles. The van der Waals surface area contributed by atoms with Gasteiger partial charge in [0.05, 0.1) is 30.3 Å². The van der Waals surface area contributed by atoms with E-state index in [-0.39, 0.29) is 23.4 Å². The SMILES string of the molecule is CCCCCCN(CCN1CCOCC1)C(=O)CNC(=O)c1ccc(Cl)cc1Cl. The van der Waals surface area contributed by atoms with Crippen LogP contribution >= 0.6 is 23.2 Å². The van der Waals surface area contributed by atoms with Crippen LogP contribution in [-0.2, 0) is 9.53 Å². The number of nitrogens with one attached hydrogen (secondary N) is 1. The van der Waals surface area contributed by atoms with Gasteiger partial charge in [-0.15, -0.1) is 0 Å². The number of unbranched alkanes of at least 4 members (excludes halogenated alkanes) is 3. The summed E-state index contributed by atoms with van der Waals surface area (Å²) in [4.78, 5) is 29.3. The number of amides is 2. The van der Waals surface area contributed by atoms with Gasteiger partial charge in [0.15, 0.2) is 0 Å². The average Bonchev–Trinajstić information content (AvgIpc) is 2.72. The van der Waals surface area contributed by atoms with Gasteiger partial charge in [-0.1, -0.05) is 49.4 Å². The van der Waals surface area contributed by atoms with Gasteiger partial charge >= 0.3 is 0 Å². The molecule has 2 rings (SSSR count). The van der Waals surface area contributed by atoms with Crippen molar-refractivity contribution in [1.82, 2.24) is 15.1 Å². The minimum atomic E-state index is -0.376. The molecule has 0 bridgehead atoms. The summed E-state index contributed by atoms with van der Waals surface area (Å²) in [6, 6.07) is 4.68. The Hall–Kier alpha value is -1.34. The Bertz CT molecular complexity index is 667. The first kappa shape index (κ1) is 23.9. The van der Waals surface area contributed by atoms with Gasteiger partial charge in [0.1, 0.15) is 0 Å². The highest BCUT2D eigenvalue weighted by Gasteiger charge is 2.18. The minimum Gasteiger partial charge on any atom is -0.379 e. The van der Waals surface area contributed by atoms with E-state index < -0.39 is 0 Å². The monoisotopic (exact) mass is 443 g/mol. The van der Waals surface area contributed by atoms with Crippen LogP contribution in [0.1, 0.15) is 43.0 Å². The third-order valence-electron chi connectivity index (χ3n) is 5.00. The fourth-order valence-corrected chi connectivity index (χ4v) is 3.71. The molecule has 0 radical (unpaired) electrons. The molecule has 1 fully saturated rings. The number of halogens is 2. The molecule has 0 saturated carbocycles. The van der Waals surface area contributed by atoms with E-state index in [2.05, 4.69) is 17.1 Å². The van der Waals surface area contributed by atoms with Crippen molar-refractivity contribution in [2.45, 2.75) is 32.6 Å².